The first-order valence-corrected chi connectivity index (χ1v) is 11.2. The molecule has 0 saturated carbocycles. The SMILES string of the molecule is CS(=O)(=O)c1cccc(C(=O)N(Cc2ccco2)c2nc3c(F)cccc3s2)c1. The molecular formula is C20H15FN2O4S2. The topological polar surface area (TPSA) is 80.5 Å². The predicted octanol–water partition coefficient (Wildman–Crippen LogP) is 4.28. The minimum Gasteiger partial charge on any atom is -0.467 e. The summed E-state index contributed by atoms with van der Waals surface area (Å²) in [5.41, 5.74) is 0.355. The molecule has 0 atom stereocenters. The van der Waals surface area contributed by atoms with Gasteiger partial charge in [-0.25, -0.2) is 17.8 Å². The number of carbonyl (C=O) groups excluding carboxylic acids is 1. The fourth-order valence-electron chi connectivity index (χ4n) is 2.82. The van der Waals surface area contributed by atoms with Crippen molar-refractivity contribution >= 4 is 42.4 Å². The number of rotatable bonds is 5. The van der Waals surface area contributed by atoms with Gasteiger partial charge in [0.2, 0.25) is 0 Å². The fraction of sp³-hybridized carbons (Fsp3) is 0.100. The second-order valence-electron chi connectivity index (χ2n) is 6.35. The van der Waals surface area contributed by atoms with Crippen molar-refractivity contribution in [3.63, 3.8) is 0 Å². The first-order valence-electron chi connectivity index (χ1n) is 8.52. The van der Waals surface area contributed by atoms with Gasteiger partial charge in [-0.05, 0) is 42.5 Å². The average Bonchev–Trinajstić information content (AvgIpc) is 3.35. The van der Waals surface area contributed by atoms with Crippen LogP contribution in [0.5, 0.6) is 0 Å². The van der Waals surface area contributed by atoms with E-state index in [1.165, 1.54) is 52.8 Å². The van der Waals surface area contributed by atoms with Crippen molar-refractivity contribution in [2.45, 2.75) is 11.4 Å². The number of fused-ring (bicyclic) bond motifs is 1. The number of hydrogen-bond acceptors (Lipinski definition) is 6. The van der Waals surface area contributed by atoms with Gasteiger partial charge in [-0.2, -0.15) is 0 Å². The molecule has 0 bridgehead atoms. The quantitative estimate of drug-likeness (QED) is 0.472. The van der Waals surface area contributed by atoms with Gasteiger partial charge in [0.15, 0.2) is 15.0 Å². The zero-order chi connectivity index (χ0) is 20.6. The molecule has 148 valence electrons. The van der Waals surface area contributed by atoms with E-state index >= 15 is 0 Å². The molecular weight excluding hydrogens is 415 g/mol. The molecule has 2 aromatic heterocycles. The number of sulfone groups is 1. The number of para-hydroxylation sites is 1. The molecule has 6 nitrogen and oxygen atoms in total. The lowest BCUT2D eigenvalue weighted by Gasteiger charge is -2.19. The zero-order valence-corrected chi connectivity index (χ0v) is 16.8. The molecule has 0 aliphatic rings. The zero-order valence-electron chi connectivity index (χ0n) is 15.2. The van der Waals surface area contributed by atoms with Crippen LogP contribution in [0.1, 0.15) is 16.1 Å². The van der Waals surface area contributed by atoms with Crippen LogP contribution in [0.2, 0.25) is 0 Å². The summed E-state index contributed by atoms with van der Waals surface area (Å²) in [5, 5.41) is 0.288. The Morgan fingerprint density at radius 2 is 1.97 bits per heavy atom. The molecule has 0 N–H and O–H groups in total. The molecule has 0 saturated heterocycles. The van der Waals surface area contributed by atoms with Crippen LogP contribution in [0, 0.1) is 5.82 Å². The van der Waals surface area contributed by atoms with Crippen LogP contribution in [0.15, 0.2) is 70.2 Å². The number of benzene rings is 2. The van der Waals surface area contributed by atoms with Crippen molar-refractivity contribution in [3.8, 4) is 0 Å². The van der Waals surface area contributed by atoms with Crippen molar-refractivity contribution in [2.24, 2.45) is 0 Å². The Morgan fingerprint density at radius 1 is 1.17 bits per heavy atom. The number of hydrogen-bond donors (Lipinski definition) is 0. The monoisotopic (exact) mass is 430 g/mol. The third-order valence-electron chi connectivity index (χ3n) is 4.24. The molecule has 2 heterocycles. The van der Waals surface area contributed by atoms with Crippen molar-refractivity contribution < 1.29 is 22.0 Å². The van der Waals surface area contributed by atoms with Crippen LogP contribution < -0.4 is 4.90 Å². The third kappa shape index (κ3) is 3.92. The maximum Gasteiger partial charge on any atom is 0.260 e. The number of furan rings is 1. The molecule has 29 heavy (non-hydrogen) atoms. The molecule has 9 heteroatoms. The van der Waals surface area contributed by atoms with Gasteiger partial charge in [0, 0.05) is 11.8 Å². The summed E-state index contributed by atoms with van der Waals surface area (Å²) in [6.07, 6.45) is 2.56. The summed E-state index contributed by atoms with van der Waals surface area (Å²) >= 11 is 1.17. The smallest absolute Gasteiger partial charge is 0.260 e. The highest BCUT2D eigenvalue weighted by Gasteiger charge is 2.24. The minimum atomic E-state index is -3.48. The van der Waals surface area contributed by atoms with Crippen molar-refractivity contribution in [3.05, 3.63) is 78.0 Å². The molecule has 0 radical (unpaired) electrons. The largest absolute Gasteiger partial charge is 0.467 e. The fourth-order valence-corrected chi connectivity index (χ4v) is 4.46. The second-order valence-corrected chi connectivity index (χ2v) is 9.38. The van der Waals surface area contributed by atoms with Crippen LogP contribution >= 0.6 is 11.3 Å². The van der Waals surface area contributed by atoms with E-state index in [0.29, 0.717) is 10.5 Å². The van der Waals surface area contributed by atoms with E-state index < -0.39 is 21.6 Å². The van der Waals surface area contributed by atoms with E-state index in [0.717, 1.165) is 6.26 Å². The molecule has 2 aromatic carbocycles. The van der Waals surface area contributed by atoms with Crippen LogP contribution in [-0.2, 0) is 16.4 Å². The van der Waals surface area contributed by atoms with Crippen LogP contribution in [0.3, 0.4) is 0 Å². The molecule has 4 rings (SSSR count). The molecule has 0 aliphatic carbocycles. The van der Waals surface area contributed by atoms with E-state index in [1.54, 1.807) is 24.3 Å². The van der Waals surface area contributed by atoms with Crippen molar-refractivity contribution in [2.75, 3.05) is 11.2 Å². The Kier molecular flexibility index (Phi) is 4.93. The molecule has 0 aliphatic heterocycles. The van der Waals surface area contributed by atoms with E-state index in [4.69, 9.17) is 4.42 Å². The van der Waals surface area contributed by atoms with Crippen molar-refractivity contribution in [1.82, 2.24) is 4.98 Å². The number of thiazole rings is 1. The van der Waals surface area contributed by atoms with Crippen LogP contribution in [-0.4, -0.2) is 25.6 Å². The summed E-state index contributed by atoms with van der Waals surface area (Å²) in [6, 6.07) is 13.8. The molecule has 0 unspecified atom stereocenters. The van der Waals surface area contributed by atoms with Gasteiger partial charge in [-0.1, -0.05) is 23.5 Å². The third-order valence-corrected chi connectivity index (χ3v) is 6.39. The summed E-state index contributed by atoms with van der Waals surface area (Å²) in [4.78, 5) is 19.0. The lowest BCUT2D eigenvalue weighted by Crippen LogP contribution is -2.30. The number of anilines is 1. The highest BCUT2D eigenvalue weighted by atomic mass is 32.2. The number of halogens is 1. The molecule has 4 aromatic rings. The van der Waals surface area contributed by atoms with Crippen LogP contribution in [0.4, 0.5) is 9.52 Å². The first-order chi connectivity index (χ1) is 13.8. The standard InChI is InChI=1S/C20H15FN2O4S2/c1-29(25,26)15-7-2-5-13(11-15)19(24)23(12-14-6-4-10-27-14)20-22-18-16(21)8-3-9-17(18)28-20/h2-11H,12H2,1H3. The Morgan fingerprint density at radius 3 is 2.66 bits per heavy atom. The van der Waals surface area contributed by atoms with Gasteiger partial charge in [-0.3, -0.25) is 9.69 Å². The Bertz CT molecular complexity index is 1300. The van der Waals surface area contributed by atoms with E-state index in [1.807, 2.05) is 0 Å². The summed E-state index contributed by atoms with van der Waals surface area (Å²) in [7, 11) is -3.48. The number of aromatic nitrogens is 1. The van der Waals surface area contributed by atoms with Gasteiger partial charge < -0.3 is 4.42 Å². The normalized spacial score (nSPS) is 11.7. The van der Waals surface area contributed by atoms with Gasteiger partial charge in [0.05, 0.1) is 22.4 Å². The maximum absolute atomic E-state index is 14.1. The average molecular weight is 430 g/mol. The van der Waals surface area contributed by atoms with E-state index in [9.17, 15) is 17.6 Å². The molecule has 0 spiro atoms. The van der Waals surface area contributed by atoms with Crippen LogP contribution in [0.25, 0.3) is 10.2 Å². The van der Waals surface area contributed by atoms with E-state index in [2.05, 4.69) is 4.98 Å². The first kappa shape index (κ1) is 19.3. The second kappa shape index (κ2) is 7.41. The number of amides is 1. The number of nitrogens with zero attached hydrogens (tertiary/aromatic N) is 2. The van der Waals surface area contributed by atoms with Crippen molar-refractivity contribution in [1.29, 1.82) is 0 Å². The maximum atomic E-state index is 14.1. The minimum absolute atomic E-state index is 0.0386. The molecule has 1 amide bonds. The summed E-state index contributed by atoms with van der Waals surface area (Å²) < 4.78 is 43.8. The number of carbonyl (C=O) groups is 1. The lowest BCUT2D eigenvalue weighted by atomic mass is 10.2. The van der Waals surface area contributed by atoms with Gasteiger partial charge in [0.1, 0.15) is 17.1 Å². The highest BCUT2D eigenvalue weighted by molar-refractivity contribution is 7.90. The summed E-state index contributed by atoms with van der Waals surface area (Å²) in [6.45, 7) is 0.0659. The molecule has 0 fully saturated rings. The lowest BCUT2D eigenvalue weighted by molar-refractivity contribution is 0.0983. The van der Waals surface area contributed by atoms with Gasteiger partial charge in [0.25, 0.3) is 5.91 Å². The van der Waals surface area contributed by atoms with Gasteiger partial charge >= 0.3 is 0 Å². The van der Waals surface area contributed by atoms with Gasteiger partial charge in [-0.15, -0.1) is 0 Å². The Balaban J connectivity index is 1.80. The summed E-state index contributed by atoms with van der Waals surface area (Å²) in [5.74, 6) is -0.432. The predicted molar refractivity (Wildman–Crippen MR) is 108 cm³/mol. The van der Waals surface area contributed by atoms with E-state index in [-0.39, 0.29) is 27.7 Å². The highest BCUT2D eigenvalue weighted by Crippen LogP contribution is 2.32. The Labute approximate surface area is 170 Å². The Hall–Kier alpha value is -3.04.